The van der Waals surface area contributed by atoms with Gasteiger partial charge >= 0.3 is 26.2 Å². The van der Waals surface area contributed by atoms with Gasteiger partial charge in [-0.1, -0.05) is 0 Å². The number of allylic oxidation sites excluding steroid dienone is 8. The van der Waals surface area contributed by atoms with Crippen molar-refractivity contribution in [1.29, 1.82) is 0 Å². The van der Waals surface area contributed by atoms with Crippen molar-refractivity contribution in [3.63, 3.8) is 0 Å². The molecule has 0 N–H and O–H groups in total. The van der Waals surface area contributed by atoms with Gasteiger partial charge in [0.05, 0.1) is 16.4 Å². The van der Waals surface area contributed by atoms with E-state index in [1.165, 1.54) is 0 Å². The zero-order valence-corrected chi connectivity index (χ0v) is 23.3. The molecule has 26 heavy (non-hydrogen) atoms. The summed E-state index contributed by atoms with van der Waals surface area (Å²) in [6.07, 6.45) is 10.0. The molecule has 2 aliphatic heterocycles. The first-order chi connectivity index (χ1) is 10.8. The zero-order valence-electron chi connectivity index (χ0n) is 17.3. The molecule has 3 aliphatic rings. The summed E-state index contributed by atoms with van der Waals surface area (Å²) in [7, 11) is 2.12. The minimum atomic E-state index is 0. The predicted octanol–water partition coefficient (Wildman–Crippen LogP) is 0.503. The number of hydrogen-bond acceptors (Lipinski definition) is 0. The van der Waals surface area contributed by atoms with Crippen molar-refractivity contribution in [3.05, 3.63) is 46.6 Å². The predicted molar refractivity (Wildman–Crippen MR) is 115 cm³/mol. The molecule has 4 atom stereocenters. The molecule has 0 nitrogen and oxygen atoms in total. The van der Waals surface area contributed by atoms with Crippen LogP contribution in [0.1, 0.15) is 61.8 Å². The monoisotopic (exact) mass is 507 g/mol. The molecule has 0 amide bonds. The van der Waals surface area contributed by atoms with Crippen molar-refractivity contribution in [2.45, 2.75) is 73.1 Å². The van der Waals surface area contributed by atoms with Gasteiger partial charge in [0.15, 0.2) is 0 Å². The van der Waals surface area contributed by atoms with E-state index in [0.29, 0.717) is 0 Å². The minimum Gasteiger partial charge on any atom is -1.00 e. The first kappa shape index (κ1) is 31.5. The Morgan fingerprint density at radius 1 is 0.808 bits per heavy atom. The Labute approximate surface area is 196 Å². The molecule has 2 heterocycles. The summed E-state index contributed by atoms with van der Waals surface area (Å²) >= 11 is 0. The zero-order chi connectivity index (χ0) is 17.6. The maximum atomic E-state index is 2.99. The van der Waals surface area contributed by atoms with E-state index in [1.54, 1.807) is 32.9 Å². The van der Waals surface area contributed by atoms with Gasteiger partial charge in [-0.2, -0.15) is 6.08 Å². The van der Waals surface area contributed by atoms with E-state index >= 15 is 0 Å². The second-order valence-corrected chi connectivity index (χ2v) is 10.4. The van der Waals surface area contributed by atoms with Crippen LogP contribution in [0.25, 0.3) is 0 Å². The van der Waals surface area contributed by atoms with Gasteiger partial charge in [0.25, 0.3) is 0 Å². The van der Waals surface area contributed by atoms with Crippen LogP contribution in [0.4, 0.5) is 0 Å². The molecule has 143 valence electrons. The molecule has 0 aromatic heterocycles. The maximum absolute atomic E-state index is 2.99. The van der Waals surface area contributed by atoms with Crippen molar-refractivity contribution >= 4 is 27.0 Å². The van der Waals surface area contributed by atoms with Crippen molar-refractivity contribution in [2.24, 2.45) is 0 Å². The molecular formula is C21H33Cl2P2Zr+2. The third-order valence-electron chi connectivity index (χ3n) is 5.06. The van der Waals surface area contributed by atoms with Crippen LogP contribution in [0.2, 0.25) is 0 Å². The average molecular weight is 510 g/mol. The molecule has 1 aliphatic carbocycles. The fraction of sp³-hybridized carbons (Fsp3) is 0.524. The maximum Gasteiger partial charge on any atom is 3.00 e. The van der Waals surface area contributed by atoms with Gasteiger partial charge in [0.2, 0.25) is 0 Å². The van der Waals surface area contributed by atoms with Crippen LogP contribution in [-0.4, -0.2) is 21.9 Å². The van der Waals surface area contributed by atoms with Crippen molar-refractivity contribution in [1.82, 2.24) is 0 Å². The van der Waals surface area contributed by atoms with Crippen LogP contribution < -0.4 is 24.8 Å². The Hall–Kier alpha value is 0.763. The molecule has 0 bridgehead atoms. The summed E-state index contributed by atoms with van der Waals surface area (Å²) < 4.78 is 0. The molecule has 0 aromatic rings. The smallest absolute Gasteiger partial charge is 1.00 e. The Morgan fingerprint density at radius 3 is 1.27 bits per heavy atom. The average Bonchev–Trinajstić information content (AvgIpc) is 3.21. The van der Waals surface area contributed by atoms with Gasteiger partial charge in [-0.3, -0.25) is 6.08 Å². The fourth-order valence-corrected chi connectivity index (χ4v) is 5.66. The Kier molecular flexibility index (Phi) is 18.9. The number of rotatable bonds is 0. The van der Waals surface area contributed by atoms with Gasteiger partial charge in [-0.05, 0) is 63.8 Å². The van der Waals surface area contributed by atoms with Crippen molar-refractivity contribution < 1.29 is 51.0 Å². The molecule has 3 rings (SSSR count). The normalized spacial score (nSPS) is 23.4. The first-order valence-corrected chi connectivity index (χ1v) is 10.7. The van der Waals surface area contributed by atoms with Crippen LogP contribution in [0, 0.1) is 6.08 Å². The molecule has 0 saturated carbocycles. The van der Waals surface area contributed by atoms with E-state index in [-0.39, 0.29) is 51.0 Å². The van der Waals surface area contributed by atoms with E-state index in [0.717, 1.165) is 34.1 Å². The number of halogens is 2. The van der Waals surface area contributed by atoms with E-state index in [2.05, 4.69) is 67.5 Å². The minimum absolute atomic E-state index is 0. The topological polar surface area (TPSA) is 0 Å². The van der Waals surface area contributed by atoms with Crippen molar-refractivity contribution in [2.75, 3.05) is 0 Å². The molecule has 0 spiro atoms. The van der Waals surface area contributed by atoms with Crippen LogP contribution in [-0.2, 0) is 26.2 Å². The summed E-state index contributed by atoms with van der Waals surface area (Å²) in [5, 5.41) is 3.22. The van der Waals surface area contributed by atoms with Gasteiger partial charge in [-0.15, -0.1) is 6.42 Å². The first-order valence-electron chi connectivity index (χ1n) is 8.53. The SMILES string of the molecule is CC1=[PH+]C(C)C(C)=C1C.CC1=[PH+]C(C)C(C)=C1C.[C-]1=CC=CC1.[Cl-].[Cl-].[Zr+3]. The van der Waals surface area contributed by atoms with Crippen LogP contribution in [0.15, 0.2) is 40.5 Å². The van der Waals surface area contributed by atoms with Crippen LogP contribution >= 0.6 is 16.4 Å². The summed E-state index contributed by atoms with van der Waals surface area (Å²) in [6.45, 7) is 18.1. The molecule has 4 unspecified atom stereocenters. The Bertz CT molecular complexity index is 572. The number of hydrogen-bond donors (Lipinski definition) is 0. The third-order valence-corrected chi connectivity index (χ3v) is 8.41. The fourth-order valence-electron chi connectivity index (χ4n) is 2.66. The van der Waals surface area contributed by atoms with E-state index in [1.807, 2.05) is 12.2 Å². The molecule has 1 radical (unpaired) electrons. The molecule has 0 fully saturated rings. The van der Waals surface area contributed by atoms with E-state index < -0.39 is 0 Å². The largest absolute Gasteiger partial charge is 3.00 e. The van der Waals surface area contributed by atoms with Crippen LogP contribution in [0.3, 0.4) is 0 Å². The van der Waals surface area contributed by atoms with Gasteiger partial charge < -0.3 is 24.8 Å². The standard InChI is InChI=1S/2C8H13P.C5H5.2ClH.Zr/c2*1-5-6(2)8(4)9-7(5)3;1-2-4-5-3-1;;;/h2*7H,1-4H3;1-3H,4H2;2*1H;/q;;-1;;;+3. The third kappa shape index (κ3) is 9.81. The van der Waals surface area contributed by atoms with Crippen molar-refractivity contribution in [3.8, 4) is 0 Å². The molecule has 0 saturated heterocycles. The van der Waals surface area contributed by atoms with E-state index in [4.69, 9.17) is 0 Å². The van der Waals surface area contributed by atoms with Gasteiger partial charge in [-0.25, -0.2) is 12.2 Å². The van der Waals surface area contributed by atoms with E-state index in [9.17, 15) is 0 Å². The summed E-state index contributed by atoms with van der Waals surface area (Å²) in [4.78, 5) is 0. The summed E-state index contributed by atoms with van der Waals surface area (Å²) in [6, 6.07) is 0. The van der Waals surface area contributed by atoms with Crippen LogP contribution in [0.5, 0.6) is 0 Å². The summed E-state index contributed by atoms with van der Waals surface area (Å²) in [5.74, 6) is 0. The Balaban J connectivity index is -0.000000298. The molecule has 0 aromatic carbocycles. The second-order valence-electron chi connectivity index (χ2n) is 6.60. The summed E-state index contributed by atoms with van der Waals surface area (Å²) in [5.41, 5.74) is 7.99. The Morgan fingerprint density at radius 2 is 1.19 bits per heavy atom. The quantitative estimate of drug-likeness (QED) is 0.330. The molecule has 5 heteroatoms. The second kappa shape index (κ2) is 15.7. The van der Waals surface area contributed by atoms with Gasteiger partial charge in [0, 0.05) is 13.8 Å². The van der Waals surface area contributed by atoms with Gasteiger partial charge in [0.1, 0.15) is 21.9 Å². The molecular weight excluding hydrogens is 476 g/mol.